The minimum absolute atomic E-state index is 0.0625. The van der Waals surface area contributed by atoms with Gasteiger partial charge < -0.3 is 0 Å². The molecule has 0 aromatic rings. The van der Waals surface area contributed by atoms with Crippen LogP contribution in [0.4, 0.5) is 4.79 Å². The summed E-state index contributed by atoms with van der Waals surface area (Å²) in [5, 5.41) is 2.33. The van der Waals surface area contributed by atoms with E-state index in [0.29, 0.717) is 12.3 Å². The first kappa shape index (κ1) is 14.0. The van der Waals surface area contributed by atoms with Gasteiger partial charge in [0.1, 0.15) is 5.92 Å². The van der Waals surface area contributed by atoms with Crippen LogP contribution in [0.1, 0.15) is 52.4 Å². The zero-order valence-corrected chi connectivity index (χ0v) is 11.6. The molecule has 106 valence electrons. The summed E-state index contributed by atoms with van der Waals surface area (Å²) in [7, 11) is 0. The highest BCUT2D eigenvalue weighted by Crippen LogP contribution is 2.36. The zero-order valence-electron chi connectivity index (χ0n) is 11.6. The van der Waals surface area contributed by atoms with Gasteiger partial charge in [-0.3, -0.25) is 19.8 Å². The van der Waals surface area contributed by atoms with Gasteiger partial charge in [-0.25, -0.2) is 4.79 Å². The number of urea groups is 1. The summed E-state index contributed by atoms with van der Waals surface area (Å²) in [6.45, 7) is 3.92. The minimum Gasteiger partial charge on any atom is -0.277 e. The van der Waals surface area contributed by atoms with Gasteiger partial charge in [-0.2, -0.15) is 0 Å². The average molecular weight is 266 g/mol. The van der Waals surface area contributed by atoms with Crippen LogP contribution in [-0.2, 0) is 9.59 Å². The summed E-state index contributed by atoms with van der Waals surface area (Å²) in [6, 6.07) is -0.595. The number of nitrogens with zero attached hydrogens (tertiary/aromatic N) is 1. The number of hydrogen-bond acceptors (Lipinski definition) is 3. The van der Waals surface area contributed by atoms with E-state index in [4.69, 9.17) is 0 Å². The second-order valence-electron chi connectivity index (χ2n) is 5.59. The van der Waals surface area contributed by atoms with Crippen molar-refractivity contribution in [3.8, 4) is 0 Å². The second-order valence-corrected chi connectivity index (χ2v) is 5.59. The lowest BCUT2D eigenvalue weighted by Gasteiger charge is -2.35. The molecule has 2 atom stereocenters. The van der Waals surface area contributed by atoms with E-state index in [1.165, 1.54) is 17.7 Å². The standard InChI is InChI=1S/C14H22N2O3/c1-3-5-11-12(17)15-14(19)16(13(11)18)10(4-2)8-9-6-7-9/h9-11H,3-8H2,1-2H3,(H,15,17,19). The second kappa shape index (κ2) is 5.72. The Morgan fingerprint density at radius 3 is 2.47 bits per heavy atom. The molecule has 4 amide bonds. The summed E-state index contributed by atoms with van der Waals surface area (Å²) in [6.07, 6.45) is 5.28. The lowest BCUT2D eigenvalue weighted by atomic mass is 9.96. The molecule has 1 N–H and O–H groups in total. The van der Waals surface area contributed by atoms with Crippen LogP contribution in [-0.4, -0.2) is 28.8 Å². The predicted molar refractivity (Wildman–Crippen MR) is 70.2 cm³/mol. The molecule has 0 aromatic carbocycles. The molecular formula is C14H22N2O3. The van der Waals surface area contributed by atoms with Crippen LogP contribution < -0.4 is 5.32 Å². The number of carbonyl (C=O) groups excluding carboxylic acids is 3. The van der Waals surface area contributed by atoms with Gasteiger partial charge in [0.25, 0.3) is 0 Å². The Bertz CT molecular complexity index is 390. The van der Waals surface area contributed by atoms with Gasteiger partial charge in [-0.15, -0.1) is 0 Å². The number of amides is 4. The lowest BCUT2D eigenvalue weighted by Crippen LogP contribution is -2.60. The third kappa shape index (κ3) is 2.96. The van der Waals surface area contributed by atoms with Gasteiger partial charge in [0.15, 0.2) is 0 Å². The molecule has 19 heavy (non-hydrogen) atoms. The number of barbiturate groups is 1. The topological polar surface area (TPSA) is 66.5 Å². The molecule has 0 spiro atoms. The van der Waals surface area contributed by atoms with Crippen molar-refractivity contribution in [2.24, 2.45) is 11.8 Å². The Morgan fingerprint density at radius 1 is 1.26 bits per heavy atom. The quantitative estimate of drug-likeness (QED) is 0.748. The van der Waals surface area contributed by atoms with Gasteiger partial charge in [-0.05, 0) is 25.2 Å². The summed E-state index contributed by atoms with van der Waals surface area (Å²) in [4.78, 5) is 37.3. The molecule has 1 saturated carbocycles. The van der Waals surface area contributed by atoms with Crippen molar-refractivity contribution in [1.82, 2.24) is 10.2 Å². The Morgan fingerprint density at radius 2 is 1.95 bits per heavy atom. The summed E-state index contributed by atoms with van der Waals surface area (Å²) in [5.41, 5.74) is 0. The molecule has 5 nitrogen and oxygen atoms in total. The molecule has 1 aliphatic carbocycles. The SMILES string of the molecule is CCCC1C(=O)NC(=O)N(C(CC)CC2CC2)C1=O. The highest BCUT2D eigenvalue weighted by Gasteiger charge is 2.43. The Balaban J connectivity index is 2.13. The number of imide groups is 2. The molecule has 2 rings (SSSR count). The number of carbonyl (C=O) groups is 3. The van der Waals surface area contributed by atoms with E-state index in [9.17, 15) is 14.4 Å². The van der Waals surface area contributed by atoms with Crippen molar-refractivity contribution < 1.29 is 14.4 Å². The first-order chi connectivity index (χ1) is 9.08. The zero-order chi connectivity index (χ0) is 14.0. The van der Waals surface area contributed by atoms with Crippen LogP contribution in [0.15, 0.2) is 0 Å². The van der Waals surface area contributed by atoms with E-state index in [2.05, 4.69) is 5.32 Å². The average Bonchev–Trinajstić information content (AvgIpc) is 3.16. The third-order valence-electron chi connectivity index (χ3n) is 4.02. The lowest BCUT2D eigenvalue weighted by molar-refractivity contribution is -0.144. The largest absolute Gasteiger partial charge is 0.331 e. The van der Waals surface area contributed by atoms with Crippen molar-refractivity contribution >= 4 is 17.8 Å². The van der Waals surface area contributed by atoms with E-state index in [0.717, 1.165) is 19.3 Å². The third-order valence-corrected chi connectivity index (χ3v) is 4.02. The normalized spacial score (nSPS) is 25.5. The van der Waals surface area contributed by atoms with Crippen LogP contribution in [0.25, 0.3) is 0 Å². The van der Waals surface area contributed by atoms with Crippen LogP contribution in [0.2, 0.25) is 0 Å². The van der Waals surface area contributed by atoms with Crippen molar-refractivity contribution in [2.45, 2.75) is 58.4 Å². The Kier molecular flexibility index (Phi) is 4.22. The van der Waals surface area contributed by atoms with E-state index in [-0.39, 0.29) is 11.9 Å². The maximum absolute atomic E-state index is 12.4. The van der Waals surface area contributed by atoms with Crippen LogP contribution in [0, 0.1) is 11.8 Å². The number of hydrogen-bond donors (Lipinski definition) is 1. The number of rotatable bonds is 6. The summed E-state index contributed by atoms with van der Waals surface area (Å²) in [5.74, 6) is -0.777. The van der Waals surface area contributed by atoms with Crippen LogP contribution >= 0.6 is 0 Å². The Labute approximate surface area is 113 Å². The maximum Gasteiger partial charge on any atom is 0.331 e. The fourth-order valence-electron chi connectivity index (χ4n) is 2.71. The van der Waals surface area contributed by atoms with Crippen molar-refractivity contribution in [3.05, 3.63) is 0 Å². The fraction of sp³-hybridized carbons (Fsp3) is 0.786. The van der Waals surface area contributed by atoms with E-state index < -0.39 is 17.9 Å². The van der Waals surface area contributed by atoms with E-state index >= 15 is 0 Å². The molecule has 0 bridgehead atoms. The summed E-state index contributed by atoms with van der Waals surface area (Å²) < 4.78 is 0. The molecule has 5 heteroatoms. The van der Waals surface area contributed by atoms with Gasteiger partial charge in [-0.1, -0.05) is 33.1 Å². The summed E-state index contributed by atoms with van der Waals surface area (Å²) >= 11 is 0. The molecule has 1 saturated heterocycles. The highest BCUT2D eigenvalue weighted by atomic mass is 16.2. The monoisotopic (exact) mass is 266 g/mol. The van der Waals surface area contributed by atoms with Gasteiger partial charge in [0, 0.05) is 6.04 Å². The molecule has 1 aliphatic heterocycles. The Hall–Kier alpha value is -1.39. The molecular weight excluding hydrogens is 244 g/mol. The molecule has 2 fully saturated rings. The maximum atomic E-state index is 12.4. The van der Waals surface area contributed by atoms with Crippen molar-refractivity contribution in [1.29, 1.82) is 0 Å². The number of nitrogens with one attached hydrogen (secondary N) is 1. The van der Waals surface area contributed by atoms with E-state index in [1.807, 2.05) is 13.8 Å². The van der Waals surface area contributed by atoms with Gasteiger partial charge in [0.2, 0.25) is 11.8 Å². The highest BCUT2D eigenvalue weighted by molar-refractivity contribution is 6.16. The smallest absolute Gasteiger partial charge is 0.277 e. The molecule has 0 aromatic heterocycles. The first-order valence-electron chi connectivity index (χ1n) is 7.26. The van der Waals surface area contributed by atoms with Gasteiger partial charge >= 0.3 is 6.03 Å². The van der Waals surface area contributed by atoms with Crippen molar-refractivity contribution in [2.75, 3.05) is 0 Å². The molecule has 2 aliphatic rings. The van der Waals surface area contributed by atoms with Gasteiger partial charge in [0.05, 0.1) is 0 Å². The minimum atomic E-state index is -0.684. The first-order valence-corrected chi connectivity index (χ1v) is 7.26. The molecule has 0 radical (unpaired) electrons. The van der Waals surface area contributed by atoms with Crippen LogP contribution in [0.3, 0.4) is 0 Å². The molecule has 1 heterocycles. The van der Waals surface area contributed by atoms with Crippen molar-refractivity contribution in [3.63, 3.8) is 0 Å². The van der Waals surface area contributed by atoms with Crippen LogP contribution in [0.5, 0.6) is 0 Å². The molecule has 2 unspecified atom stereocenters. The fourth-order valence-corrected chi connectivity index (χ4v) is 2.71. The predicted octanol–water partition coefficient (Wildman–Crippen LogP) is 2.06. The van der Waals surface area contributed by atoms with E-state index in [1.54, 1.807) is 0 Å².